The molecule has 2 heterocycles. The average Bonchev–Trinajstić information content (AvgIpc) is 3.00. The average molecular weight is 301 g/mol. The molecule has 108 valence electrons. The fourth-order valence-electron chi connectivity index (χ4n) is 2.13. The van der Waals surface area contributed by atoms with Gasteiger partial charge in [-0.2, -0.15) is 0 Å². The van der Waals surface area contributed by atoms with Gasteiger partial charge in [0.15, 0.2) is 4.96 Å². The van der Waals surface area contributed by atoms with Crippen LogP contribution >= 0.6 is 11.3 Å². The number of thiazole rings is 1. The van der Waals surface area contributed by atoms with Crippen molar-refractivity contribution >= 4 is 28.0 Å². The Bertz CT molecular complexity index is 802. The maximum atomic E-state index is 11.9. The van der Waals surface area contributed by atoms with Gasteiger partial charge in [0.2, 0.25) is 0 Å². The number of hydrogen-bond donors (Lipinski definition) is 1. The van der Waals surface area contributed by atoms with Crippen molar-refractivity contribution in [2.45, 2.75) is 13.8 Å². The number of imidazole rings is 1. The van der Waals surface area contributed by atoms with Crippen LogP contribution in [0.25, 0.3) is 16.2 Å². The molecule has 0 fully saturated rings. The van der Waals surface area contributed by atoms with Gasteiger partial charge >= 0.3 is 5.97 Å². The number of fused-ring (bicyclic) bond motifs is 1. The molecule has 0 aliphatic rings. The summed E-state index contributed by atoms with van der Waals surface area (Å²) in [5.74, 6) is -0.292. The van der Waals surface area contributed by atoms with Crippen LogP contribution in [-0.2, 0) is 4.74 Å². The summed E-state index contributed by atoms with van der Waals surface area (Å²) in [6.07, 6.45) is 1.93. The highest BCUT2D eigenvalue weighted by molar-refractivity contribution is 7.19. The molecule has 6 heteroatoms. The van der Waals surface area contributed by atoms with Crippen molar-refractivity contribution in [2.75, 3.05) is 12.3 Å². The molecule has 5 nitrogen and oxygen atoms in total. The molecule has 0 saturated carbocycles. The van der Waals surface area contributed by atoms with Crippen molar-refractivity contribution in [3.63, 3.8) is 0 Å². The van der Waals surface area contributed by atoms with E-state index in [0.717, 1.165) is 27.6 Å². The Kier molecular flexibility index (Phi) is 3.39. The topological polar surface area (TPSA) is 69.6 Å². The monoisotopic (exact) mass is 301 g/mol. The third-order valence-corrected chi connectivity index (χ3v) is 4.36. The van der Waals surface area contributed by atoms with Crippen LogP contribution in [0.5, 0.6) is 0 Å². The van der Waals surface area contributed by atoms with E-state index in [4.69, 9.17) is 10.5 Å². The van der Waals surface area contributed by atoms with E-state index in [-0.39, 0.29) is 5.97 Å². The summed E-state index contributed by atoms with van der Waals surface area (Å²) < 4.78 is 6.97. The van der Waals surface area contributed by atoms with E-state index in [9.17, 15) is 4.79 Å². The van der Waals surface area contributed by atoms with Crippen LogP contribution in [-0.4, -0.2) is 22.0 Å². The Morgan fingerprint density at radius 3 is 2.71 bits per heavy atom. The molecule has 0 bridgehead atoms. The van der Waals surface area contributed by atoms with Gasteiger partial charge in [-0.15, -0.1) is 0 Å². The Morgan fingerprint density at radius 1 is 1.38 bits per heavy atom. The van der Waals surface area contributed by atoms with Crippen LogP contribution in [0.3, 0.4) is 0 Å². The van der Waals surface area contributed by atoms with Gasteiger partial charge in [0.05, 0.1) is 12.3 Å². The molecule has 0 saturated heterocycles. The maximum Gasteiger partial charge on any atom is 0.350 e. The van der Waals surface area contributed by atoms with E-state index >= 15 is 0 Å². The van der Waals surface area contributed by atoms with Crippen LogP contribution in [0.2, 0.25) is 0 Å². The quantitative estimate of drug-likeness (QED) is 0.596. The van der Waals surface area contributed by atoms with Crippen LogP contribution in [0, 0.1) is 6.92 Å². The number of nitrogens with zero attached hydrogens (tertiary/aromatic N) is 2. The lowest BCUT2D eigenvalue weighted by molar-refractivity contribution is 0.0531. The zero-order valence-corrected chi connectivity index (χ0v) is 12.6. The number of anilines is 1. The number of carbonyl (C=O) groups excluding carboxylic acids is 1. The second-order valence-electron chi connectivity index (χ2n) is 4.64. The van der Waals surface area contributed by atoms with Crippen molar-refractivity contribution in [1.82, 2.24) is 9.38 Å². The molecule has 21 heavy (non-hydrogen) atoms. The third-order valence-electron chi connectivity index (χ3n) is 3.22. The lowest BCUT2D eigenvalue weighted by Gasteiger charge is -2.00. The van der Waals surface area contributed by atoms with Gasteiger partial charge in [-0.3, -0.25) is 4.40 Å². The number of ether oxygens (including phenoxy) is 1. The van der Waals surface area contributed by atoms with Crippen molar-refractivity contribution < 1.29 is 9.53 Å². The Balaban J connectivity index is 2.02. The van der Waals surface area contributed by atoms with Gasteiger partial charge < -0.3 is 10.5 Å². The second-order valence-corrected chi connectivity index (χ2v) is 5.62. The van der Waals surface area contributed by atoms with Crippen molar-refractivity contribution in [2.24, 2.45) is 0 Å². The molecule has 2 N–H and O–H groups in total. The van der Waals surface area contributed by atoms with Crippen molar-refractivity contribution in [1.29, 1.82) is 0 Å². The first-order valence-corrected chi connectivity index (χ1v) is 7.43. The molecular formula is C15H15N3O2S. The predicted molar refractivity (Wildman–Crippen MR) is 83.6 cm³/mol. The van der Waals surface area contributed by atoms with Gasteiger partial charge in [-0.1, -0.05) is 23.5 Å². The van der Waals surface area contributed by atoms with Crippen LogP contribution in [0.1, 0.15) is 22.3 Å². The highest BCUT2D eigenvalue weighted by atomic mass is 32.1. The normalized spacial score (nSPS) is 11.0. The zero-order valence-electron chi connectivity index (χ0n) is 11.8. The van der Waals surface area contributed by atoms with Crippen molar-refractivity contribution in [3.05, 3.63) is 41.0 Å². The number of esters is 1. The SMILES string of the molecule is CCOC(=O)c1sc2nc(-c3ccc(N)cc3)cn2c1C. The summed E-state index contributed by atoms with van der Waals surface area (Å²) in [5.41, 5.74) is 9.12. The summed E-state index contributed by atoms with van der Waals surface area (Å²) in [7, 11) is 0. The lowest BCUT2D eigenvalue weighted by atomic mass is 10.1. The summed E-state index contributed by atoms with van der Waals surface area (Å²) in [5, 5.41) is 0. The molecule has 0 radical (unpaired) electrons. The van der Waals surface area contributed by atoms with E-state index in [1.54, 1.807) is 6.92 Å². The fraction of sp³-hybridized carbons (Fsp3) is 0.200. The number of aryl methyl sites for hydroxylation is 1. The van der Waals surface area contributed by atoms with Crippen LogP contribution < -0.4 is 5.73 Å². The highest BCUT2D eigenvalue weighted by Crippen LogP contribution is 2.27. The van der Waals surface area contributed by atoms with Gasteiger partial charge in [-0.05, 0) is 26.0 Å². The zero-order chi connectivity index (χ0) is 15.0. The van der Waals surface area contributed by atoms with Crippen LogP contribution in [0.4, 0.5) is 5.69 Å². The largest absolute Gasteiger partial charge is 0.462 e. The van der Waals surface area contributed by atoms with Crippen LogP contribution in [0.15, 0.2) is 30.5 Å². The second kappa shape index (κ2) is 5.21. The third kappa shape index (κ3) is 2.38. The molecule has 0 aliphatic heterocycles. The Hall–Kier alpha value is -2.34. The molecule has 1 aromatic carbocycles. The first-order chi connectivity index (χ1) is 10.1. The predicted octanol–water partition coefficient (Wildman–Crippen LogP) is 3.13. The number of hydrogen-bond acceptors (Lipinski definition) is 5. The number of rotatable bonds is 3. The van der Waals surface area contributed by atoms with E-state index in [1.807, 2.05) is 41.8 Å². The minimum atomic E-state index is -0.292. The number of nitrogen functional groups attached to an aromatic ring is 1. The van der Waals surface area contributed by atoms with E-state index < -0.39 is 0 Å². The number of aromatic nitrogens is 2. The van der Waals surface area contributed by atoms with E-state index in [2.05, 4.69) is 4.98 Å². The maximum absolute atomic E-state index is 11.9. The lowest BCUT2D eigenvalue weighted by Crippen LogP contribution is -2.04. The minimum absolute atomic E-state index is 0.292. The minimum Gasteiger partial charge on any atom is -0.462 e. The molecule has 0 amide bonds. The summed E-state index contributed by atoms with van der Waals surface area (Å²) in [6, 6.07) is 7.56. The molecule has 0 atom stereocenters. The molecule has 0 unspecified atom stereocenters. The summed E-state index contributed by atoms with van der Waals surface area (Å²) in [6.45, 7) is 4.06. The summed E-state index contributed by atoms with van der Waals surface area (Å²) >= 11 is 1.34. The smallest absolute Gasteiger partial charge is 0.350 e. The standard InChI is InChI=1S/C15H15N3O2S/c1-3-20-14(19)13-9(2)18-8-12(17-15(18)21-13)10-4-6-11(16)7-5-10/h4-8H,3,16H2,1-2H3. The molecular weight excluding hydrogens is 286 g/mol. The Morgan fingerprint density at radius 2 is 2.10 bits per heavy atom. The van der Waals surface area contributed by atoms with Gasteiger partial charge in [0.1, 0.15) is 4.88 Å². The summed E-state index contributed by atoms with van der Waals surface area (Å²) in [4.78, 5) is 17.8. The van der Waals surface area contributed by atoms with Gasteiger partial charge in [-0.25, -0.2) is 9.78 Å². The Labute approximate surface area is 126 Å². The molecule has 0 spiro atoms. The van der Waals surface area contributed by atoms with Crippen molar-refractivity contribution in [3.8, 4) is 11.3 Å². The molecule has 2 aromatic heterocycles. The number of nitrogens with two attached hydrogens (primary N) is 1. The number of carbonyl (C=O) groups is 1. The highest BCUT2D eigenvalue weighted by Gasteiger charge is 2.18. The van der Waals surface area contributed by atoms with E-state index in [0.29, 0.717) is 11.5 Å². The first kappa shape index (κ1) is 13.6. The molecule has 3 rings (SSSR count). The van der Waals surface area contributed by atoms with Gasteiger partial charge in [0.25, 0.3) is 0 Å². The van der Waals surface area contributed by atoms with E-state index in [1.165, 1.54) is 11.3 Å². The number of benzene rings is 1. The molecule has 3 aromatic rings. The fourth-order valence-corrected chi connectivity index (χ4v) is 3.13. The molecule has 0 aliphatic carbocycles. The van der Waals surface area contributed by atoms with Gasteiger partial charge in [0, 0.05) is 23.1 Å². The first-order valence-electron chi connectivity index (χ1n) is 6.61.